The molecular weight excluding hydrogens is 170 g/mol. The van der Waals surface area contributed by atoms with E-state index in [4.69, 9.17) is 5.73 Å². The molecule has 0 radical (unpaired) electrons. The summed E-state index contributed by atoms with van der Waals surface area (Å²) in [6.07, 6.45) is 6.15. The number of nitrogens with two attached hydrogens (primary N) is 1. The fourth-order valence-corrected chi connectivity index (χ4v) is 2.50. The van der Waals surface area contributed by atoms with Crippen LogP contribution < -0.4 is 5.73 Å². The van der Waals surface area contributed by atoms with Gasteiger partial charge in [-0.1, -0.05) is 60.3 Å². The highest BCUT2D eigenvalue weighted by atomic mass is 14.8. The molecule has 0 aliphatic carbocycles. The van der Waals surface area contributed by atoms with Gasteiger partial charge in [-0.05, 0) is 18.3 Å². The van der Waals surface area contributed by atoms with Gasteiger partial charge in [0.15, 0.2) is 0 Å². The Morgan fingerprint density at radius 1 is 1.07 bits per heavy atom. The van der Waals surface area contributed by atoms with Crippen molar-refractivity contribution in [1.29, 1.82) is 0 Å². The van der Waals surface area contributed by atoms with Crippen molar-refractivity contribution in [3.63, 3.8) is 0 Å². The highest BCUT2D eigenvalue weighted by Gasteiger charge is 2.34. The van der Waals surface area contributed by atoms with Gasteiger partial charge in [-0.25, -0.2) is 0 Å². The lowest BCUT2D eigenvalue weighted by Crippen LogP contribution is -2.51. The summed E-state index contributed by atoms with van der Waals surface area (Å²) in [5.41, 5.74) is 6.66. The van der Waals surface area contributed by atoms with Gasteiger partial charge in [-0.15, -0.1) is 0 Å². The summed E-state index contributed by atoms with van der Waals surface area (Å²) in [4.78, 5) is 0. The Hall–Kier alpha value is -0.0400. The molecule has 1 unspecified atom stereocenters. The largest absolute Gasteiger partial charge is 0.325 e. The zero-order valence-electron chi connectivity index (χ0n) is 10.8. The molecule has 14 heavy (non-hydrogen) atoms. The van der Waals surface area contributed by atoms with Crippen LogP contribution in [0.3, 0.4) is 0 Å². The van der Waals surface area contributed by atoms with E-state index < -0.39 is 0 Å². The number of rotatable bonds is 7. The summed E-state index contributed by atoms with van der Waals surface area (Å²) in [5.74, 6) is 1.29. The highest BCUT2D eigenvalue weighted by Crippen LogP contribution is 2.33. The molecule has 0 aliphatic heterocycles. The van der Waals surface area contributed by atoms with Crippen molar-refractivity contribution < 1.29 is 0 Å². The third-order valence-electron chi connectivity index (χ3n) is 3.78. The molecule has 86 valence electrons. The minimum Gasteiger partial charge on any atom is -0.325 e. The average molecular weight is 199 g/mol. The normalized spacial score (nSPS) is 16.3. The standard InChI is InChI=1S/C13H29N/c1-6-9-10-13(14,11(4)5)12(7-2)8-3/h11-12H,6-10,14H2,1-5H3. The predicted molar refractivity (Wildman–Crippen MR) is 65.4 cm³/mol. The van der Waals surface area contributed by atoms with Gasteiger partial charge in [0.05, 0.1) is 0 Å². The number of hydrogen-bond acceptors (Lipinski definition) is 1. The Kier molecular flexibility index (Phi) is 6.43. The lowest BCUT2D eigenvalue weighted by Gasteiger charge is -2.40. The third-order valence-corrected chi connectivity index (χ3v) is 3.78. The third kappa shape index (κ3) is 3.27. The van der Waals surface area contributed by atoms with Crippen LogP contribution in [0.2, 0.25) is 0 Å². The maximum atomic E-state index is 6.59. The highest BCUT2D eigenvalue weighted by molar-refractivity contribution is 4.92. The molecule has 0 rings (SSSR count). The Morgan fingerprint density at radius 3 is 1.86 bits per heavy atom. The molecule has 0 aromatic carbocycles. The van der Waals surface area contributed by atoms with Crippen molar-refractivity contribution in [3.05, 3.63) is 0 Å². The maximum absolute atomic E-state index is 6.59. The van der Waals surface area contributed by atoms with Crippen molar-refractivity contribution in [3.8, 4) is 0 Å². The van der Waals surface area contributed by atoms with E-state index in [1.54, 1.807) is 0 Å². The molecule has 0 fully saturated rings. The van der Waals surface area contributed by atoms with Crippen LogP contribution in [0.1, 0.15) is 66.7 Å². The van der Waals surface area contributed by atoms with E-state index in [2.05, 4.69) is 34.6 Å². The van der Waals surface area contributed by atoms with Gasteiger partial charge in [0.2, 0.25) is 0 Å². The van der Waals surface area contributed by atoms with E-state index in [1.807, 2.05) is 0 Å². The molecule has 1 atom stereocenters. The Balaban J connectivity index is 4.50. The van der Waals surface area contributed by atoms with E-state index >= 15 is 0 Å². The van der Waals surface area contributed by atoms with Crippen LogP contribution >= 0.6 is 0 Å². The summed E-state index contributed by atoms with van der Waals surface area (Å²) in [6, 6.07) is 0. The molecular formula is C13H29N. The predicted octanol–water partition coefficient (Wildman–Crippen LogP) is 3.97. The summed E-state index contributed by atoms with van der Waals surface area (Å²) in [5, 5.41) is 0. The Bertz CT molecular complexity index is 138. The van der Waals surface area contributed by atoms with Gasteiger partial charge in [-0.3, -0.25) is 0 Å². The summed E-state index contributed by atoms with van der Waals surface area (Å²) in [7, 11) is 0. The SMILES string of the molecule is CCCCC(N)(C(C)C)C(CC)CC. The Morgan fingerprint density at radius 2 is 1.57 bits per heavy atom. The number of unbranched alkanes of at least 4 members (excludes halogenated alkanes) is 1. The zero-order chi connectivity index (χ0) is 11.2. The van der Waals surface area contributed by atoms with Crippen molar-refractivity contribution in [2.45, 2.75) is 72.3 Å². The molecule has 0 spiro atoms. The molecule has 1 heteroatoms. The van der Waals surface area contributed by atoms with Crippen molar-refractivity contribution in [2.75, 3.05) is 0 Å². The minimum absolute atomic E-state index is 0.0690. The second-order valence-corrected chi connectivity index (χ2v) is 4.88. The van der Waals surface area contributed by atoms with E-state index in [1.165, 1.54) is 32.1 Å². The fraction of sp³-hybridized carbons (Fsp3) is 1.00. The summed E-state index contributed by atoms with van der Waals surface area (Å²) in [6.45, 7) is 11.3. The molecule has 0 aliphatic rings. The topological polar surface area (TPSA) is 26.0 Å². The van der Waals surface area contributed by atoms with Crippen molar-refractivity contribution in [1.82, 2.24) is 0 Å². The molecule has 0 bridgehead atoms. The van der Waals surface area contributed by atoms with E-state index in [0.717, 1.165) is 0 Å². The van der Waals surface area contributed by atoms with Gasteiger partial charge in [0.1, 0.15) is 0 Å². The number of hydrogen-bond donors (Lipinski definition) is 1. The minimum atomic E-state index is 0.0690. The molecule has 2 N–H and O–H groups in total. The summed E-state index contributed by atoms with van der Waals surface area (Å²) < 4.78 is 0. The van der Waals surface area contributed by atoms with Crippen LogP contribution in [-0.4, -0.2) is 5.54 Å². The quantitative estimate of drug-likeness (QED) is 0.659. The van der Waals surface area contributed by atoms with Crippen molar-refractivity contribution >= 4 is 0 Å². The lowest BCUT2D eigenvalue weighted by atomic mass is 9.71. The summed E-state index contributed by atoms with van der Waals surface area (Å²) >= 11 is 0. The second kappa shape index (κ2) is 6.44. The van der Waals surface area contributed by atoms with E-state index in [0.29, 0.717) is 11.8 Å². The van der Waals surface area contributed by atoms with Crippen LogP contribution in [0, 0.1) is 11.8 Å². The molecule has 1 nitrogen and oxygen atoms in total. The van der Waals surface area contributed by atoms with Gasteiger partial charge in [0.25, 0.3) is 0 Å². The van der Waals surface area contributed by atoms with Gasteiger partial charge in [-0.2, -0.15) is 0 Å². The molecule has 0 heterocycles. The van der Waals surface area contributed by atoms with E-state index in [9.17, 15) is 0 Å². The first kappa shape index (κ1) is 14.0. The molecule has 0 saturated heterocycles. The zero-order valence-corrected chi connectivity index (χ0v) is 10.8. The van der Waals surface area contributed by atoms with Crippen LogP contribution in [0.25, 0.3) is 0 Å². The van der Waals surface area contributed by atoms with E-state index in [-0.39, 0.29) is 5.54 Å². The smallest absolute Gasteiger partial charge is 0.0205 e. The average Bonchev–Trinajstić information content (AvgIpc) is 2.16. The van der Waals surface area contributed by atoms with Gasteiger partial charge < -0.3 is 5.73 Å². The first-order valence-corrected chi connectivity index (χ1v) is 6.31. The first-order valence-electron chi connectivity index (χ1n) is 6.31. The maximum Gasteiger partial charge on any atom is 0.0205 e. The van der Waals surface area contributed by atoms with Crippen LogP contribution in [0.5, 0.6) is 0 Å². The van der Waals surface area contributed by atoms with Crippen molar-refractivity contribution in [2.24, 2.45) is 17.6 Å². The molecule has 0 aromatic heterocycles. The molecule has 0 aromatic rings. The monoisotopic (exact) mass is 199 g/mol. The van der Waals surface area contributed by atoms with Crippen LogP contribution in [0.15, 0.2) is 0 Å². The van der Waals surface area contributed by atoms with Crippen LogP contribution in [0.4, 0.5) is 0 Å². The van der Waals surface area contributed by atoms with Crippen LogP contribution in [-0.2, 0) is 0 Å². The fourth-order valence-electron chi connectivity index (χ4n) is 2.50. The second-order valence-electron chi connectivity index (χ2n) is 4.88. The van der Waals surface area contributed by atoms with Gasteiger partial charge >= 0.3 is 0 Å². The lowest BCUT2D eigenvalue weighted by molar-refractivity contribution is 0.167. The Labute approximate surface area is 90.5 Å². The molecule has 0 saturated carbocycles. The molecule has 0 amide bonds. The van der Waals surface area contributed by atoms with Gasteiger partial charge in [0, 0.05) is 5.54 Å². The first-order chi connectivity index (χ1) is 6.52.